The monoisotopic (exact) mass is 264 g/mol. The van der Waals surface area contributed by atoms with Gasteiger partial charge in [-0.05, 0) is 23.8 Å². The minimum atomic E-state index is -0.177. The van der Waals surface area contributed by atoms with Crippen molar-refractivity contribution in [2.45, 2.75) is 6.04 Å². The molecule has 1 unspecified atom stereocenters. The number of hydrogen-bond acceptors (Lipinski definition) is 2. The van der Waals surface area contributed by atoms with Crippen LogP contribution >= 0.6 is 0 Å². The van der Waals surface area contributed by atoms with Crippen LogP contribution in [0.5, 0.6) is 0 Å². The number of rotatable bonds is 5. The lowest BCUT2D eigenvalue weighted by Crippen LogP contribution is -2.39. The average molecular weight is 264 g/mol. The van der Waals surface area contributed by atoms with Crippen LogP contribution in [0, 0.1) is 0 Å². The van der Waals surface area contributed by atoms with Crippen LogP contribution in [0.25, 0.3) is 0 Å². The lowest BCUT2D eigenvalue weighted by Gasteiger charge is -2.15. The summed E-state index contributed by atoms with van der Waals surface area (Å²) in [6.07, 6.45) is 1.76. The molecule has 1 atom stereocenters. The molecule has 2 aromatic rings. The Morgan fingerprint density at radius 3 is 2.25 bits per heavy atom. The zero-order chi connectivity index (χ0) is 14.2. The normalized spacial score (nSPS) is 11.2. The second kappa shape index (κ2) is 7.10. The lowest BCUT2D eigenvalue weighted by molar-refractivity contribution is 0.0928. The van der Waals surface area contributed by atoms with Crippen molar-refractivity contribution in [2.75, 3.05) is 0 Å². The molecule has 2 rings (SSSR count). The summed E-state index contributed by atoms with van der Waals surface area (Å²) in [5, 5.41) is 0. The van der Waals surface area contributed by atoms with Crippen molar-refractivity contribution in [1.82, 2.24) is 10.9 Å². The van der Waals surface area contributed by atoms with E-state index in [0.29, 0.717) is 5.56 Å². The number of amides is 1. The molecule has 2 aromatic carbocycles. The fourth-order valence-corrected chi connectivity index (χ4v) is 1.80. The van der Waals surface area contributed by atoms with Crippen molar-refractivity contribution in [2.24, 2.45) is 0 Å². The van der Waals surface area contributed by atoms with E-state index < -0.39 is 0 Å². The predicted octanol–water partition coefficient (Wildman–Crippen LogP) is 3.00. The summed E-state index contributed by atoms with van der Waals surface area (Å²) in [5.74, 6) is -0.177. The third-order valence-electron chi connectivity index (χ3n) is 2.82. The van der Waals surface area contributed by atoms with Crippen LogP contribution in [0.1, 0.15) is 22.0 Å². The Kier molecular flexibility index (Phi) is 4.90. The fraction of sp³-hybridized carbons (Fsp3) is 0.0588. The first kappa shape index (κ1) is 13.8. The van der Waals surface area contributed by atoms with E-state index in [1.807, 2.05) is 48.5 Å². The maximum atomic E-state index is 12.0. The Morgan fingerprint density at radius 2 is 1.65 bits per heavy atom. The quantitative estimate of drug-likeness (QED) is 0.644. The summed E-state index contributed by atoms with van der Waals surface area (Å²) in [4.78, 5) is 12.0. The van der Waals surface area contributed by atoms with Gasteiger partial charge >= 0.3 is 0 Å². The molecule has 0 aliphatic rings. The van der Waals surface area contributed by atoms with Crippen LogP contribution < -0.4 is 10.9 Å². The van der Waals surface area contributed by atoms with Crippen LogP contribution in [-0.2, 0) is 0 Å². The molecule has 2 N–H and O–H groups in total. The molecular weight excluding hydrogens is 248 g/mol. The molecule has 1 amide bonds. The Bertz CT molecular complexity index is 601. The van der Waals surface area contributed by atoms with Crippen LogP contribution in [0.3, 0.4) is 0 Å². The molecule has 20 heavy (non-hydrogen) atoms. The van der Waals surface area contributed by atoms with E-state index in [2.05, 4.69) is 23.2 Å². The minimum absolute atomic E-state index is 0.165. The van der Waals surface area contributed by atoms with Crippen LogP contribution in [0.2, 0.25) is 0 Å². The number of hydrazine groups is 1. The van der Waals surface area contributed by atoms with Gasteiger partial charge in [0.2, 0.25) is 0 Å². The van der Waals surface area contributed by atoms with Crippen molar-refractivity contribution < 1.29 is 4.79 Å². The van der Waals surface area contributed by atoms with Gasteiger partial charge in [-0.25, -0.2) is 5.43 Å². The van der Waals surface area contributed by atoms with E-state index in [1.54, 1.807) is 18.2 Å². The van der Waals surface area contributed by atoms with Crippen LogP contribution in [0.4, 0.5) is 0 Å². The highest BCUT2D eigenvalue weighted by atomic mass is 16.2. The second-order valence-corrected chi connectivity index (χ2v) is 4.22. The highest BCUT2D eigenvalue weighted by Gasteiger charge is 2.09. The van der Waals surface area contributed by atoms with Gasteiger partial charge in [0.05, 0.1) is 6.04 Å². The van der Waals surface area contributed by atoms with Gasteiger partial charge in [0.25, 0.3) is 5.91 Å². The highest BCUT2D eigenvalue weighted by molar-refractivity contribution is 5.93. The van der Waals surface area contributed by atoms with Crippen molar-refractivity contribution >= 4 is 5.91 Å². The summed E-state index contributed by atoms with van der Waals surface area (Å²) < 4.78 is 0. The van der Waals surface area contributed by atoms with E-state index in [0.717, 1.165) is 5.56 Å². The smallest absolute Gasteiger partial charge is 0.265 e. The molecule has 0 aliphatic carbocycles. The van der Waals surface area contributed by atoms with Crippen molar-refractivity contribution in [3.63, 3.8) is 0 Å². The number of carbonyl (C=O) groups is 1. The zero-order valence-electron chi connectivity index (χ0n) is 11.0. The molecule has 0 aromatic heterocycles. The average Bonchev–Trinajstić information content (AvgIpc) is 2.53. The fourth-order valence-electron chi connectivity index (χ4n) is 1.80. The predicted molar refractivity (Wildman–Crippen MR) is 79.9 cm³/mol. The molecule has 0 aliphatic heterocycles. The molecule has 100 valence electrons. The molecule has 0 saturated carbocycles. The van der Waals surface area contributed by atoms with Gasteiger partial charge < -0.3 is 0 Å². The first-order chi connectivity index (χ1) is 9.81. The van der Waals surface area contributed by atoms with E-state index in [4.69, 9.17) is 0 Å². The summed E-state index contributed by atoms with van der Waals surface area (Å²) in [7, 11) is 0. The summed E-state index contributed by atoms with van der Waals surface area (Å²) in [6.45, 7) is 3.58. The van der Waals surface area contributed by atoms with Gasteiger partial charge in [-0.15, -0.1) is 5.73 Å². The maximum absolute atomic E-state index is 12.0. The van der Waals surface area contributed by atoms with Gasteiger partial charge in [0, 0.05) is 5.56 Å². The SMILES string of the molecule is C=C=CC(NNC(=O)c1ccccc1)c1ccccc1. The van der Waals surface area contributed by atoms with E-state index >= 15 is 0 Å². The minimum Gasteiger partial charge on any atom is -0.287 e. The largest absolute Gasteiger partial charge is 0.287 e. The third-order valence-corrected chi connectivity index (χ3v) is 2.82. The Balaban J connectivity index is 2.03. The van der Waals surface area contributed by atoms with Gasteiger partial charge in [0.15, 0.2) is 0 Å². The highest BCUT2D eigenvalue weighted by Crippen LogP contribution is 2.12. The zero-order valence-corrected chi connectivity index (χ0v) is 11.0. The Hall–Kier alpha value is -2.61. The summed E-state index contributed by atoms with van der Waals surface area (Å²) in [6, 6.07) is 18.7. The van der Waals surface area contributed by atoms with E-state index in [-0.39, 0.29) is 11.9 Å². The molecule has 0 fully saturated rings. The first-order valence-corrected chi connectivity index (χ1v) is 6.33. The van der Waals surface area contributed by atoms with E-state index in [1.165, 1.54) is 0 Å². The third kappa shape index (κ3) is 3.69. The molecule has 0 saturated heterocycles. The molecule has 3 nitrogen and oxygen atoms in total. The molecule has 0 spiro atoms. The first-order valence-electron chi connectivity index (χ1n) is 6.33. The Morgan fingerprint density at radius 1 is 1.05 bits per heavy atom. The second-order valence-electron chi connectivity index (χ2n) is 4.22. The van der Waals surface area contributed by atoms with Gasteiger partial charge in [-0.2, -0.15) is 0 Å². The van der Waals surface area contributed by atoms with Crippen LogP contribution in [0.15, 0.2) is 79.0 Å². The standard InChI is InChI=1S/C17H16N2O/c1-2-9-16(14-10-5-3-6-11-14)18-19-17(20)15-12-7-4-8-13-15/h3-13,16,18H,1H2,(H,19,20). The molecule has 0 radical (unpaired) electrons. The summed E-state index contributed by atoms with van der Waals surface area (Å²) in [5.41, 5.74) is 10.0. The molecular formula is C17H16N2O. The summed E-state index contributed by atoms with van der Waals surface area (Å²) >= 11 is 0. The lowest BCUT2D eigenvalue weighted by atomic mass is 10.1. The van der Waals surface area contributed by atoms with Gasteiger partial charge in [-0.1, -0.05) is 55.1 Å². The van der Waals surface area contributed by atoms with Gasteiger partial charge in [0.1, 0.15) is 0 Å². The van der Waals surface area contributed by atoms with Gasteiger partial charge in [-0.3, -0.25) is 10.2 Å². The number of carbonyl (C=O) groups excluding carboxylic acids is 1. The number of benzene rings is 2. The molecule has 0 heterocycles. The molecule has 3 heteroatoms. The van der Waals surface area contributed by atoms with E-state index in [9.17, 15) is 4.79 Å². The van der Waals surface area contributed by atoms with Crippen molar-refractivity contribution in [1.29, 1.82) is 0 Å². The van der Waals surface area contributed by atoms with Crippen molar-refractivity contribution in [3.05, 3.63) is 90.2 Å². The number of hydrogen-bond donors (Lipinski definition) is 2. The van der Waals surface area contributed by atoms with Crippen LogP contribution in [-0.4, -0.2) is 5.91 Å². The topological polar surface area (TPSA) is 41.1 Å². The molecule has 0 bridgehead atoms. The maximum Gasteiger partial charge on any atom is 0.265 e. The number of nitrogens with one attached hydrogen (secondary N) is 2. The van der Waals surface area contributed by atoms with Crippen molar-refractivity contribution in [3.8, 4) is 0 Å². The Labute approximate surface area is 118 Å².